The third-order valence-electron chi connectivity index (χ3n) is 3.10. The number of halogens is 2. The van der Waals surface area contributed by atoms with Crippen LogP contribution in [0.2, 0.25) is 0 Å². The zero-order valence-corrected chi connectivity index (χ0v) is 11.1. The first kappa shape index (κ1) is 14.9. The maximum atomic E-state index is 12.0. The summed E-state index contributed by atoms with van der Waals surface area (Å²) >= 11 is 0. The molecule has 0 aliphatic carbocycles. The van der Waals surface area contributed by atoms with E-state index in [-0.39, 0.29) is 11.8 Å². The molecule has 4 heteroatoms. The molecule has 0 aliphatic rings. The van der Waals surface area contributed by atoms with Crippen molar-refractivity contribution in [1.29, 1.82) is 0 Å². The summed E-state index contributed by atoms with van der Waals surface area (Å²) in [5, 5.41) is 3.42. The first-order valence-electron chi connectivity index (χ1n) is 6.36. The molecule has 2 atom stereocenters. The van der Waals surface area contributed by atoms with E-state index in [2.05, 4.69) is 30.8 Å². The van der Waals surface area contributed by atoms with Crippen LogP contribution in [0.5, 0.6) is 5.75 Å². The fraction of sp³-hybridized carbons (Fsp3) is 0.571. The van der Waals surface area contributed by atoms with Crippen molar-refractivity contribution in [2.24, 2.45) is 5.92 Å². The Bertz CT molecular complexity index is 340. The van der Waals surface area contributed by atoms with Gasteiger partial charge in [-0.15, -0.1) is 0 Å². The van der Waals surface area contributed by atoms with Gasteiger partial charge >= 0.3 is 6.61 Å². The highest BCUT2D eigenvalue weighted by molar-refractivity contribution is 5.29. The predicted molar refractivity (Wildman–Crippen MR) is 68.9 cm³/mol. The Labute approximate surface area is 107 Å². The molecule has 0 spiro atoms. The zero-order valence-electron chi connectivity index (χ0n) is 11.1. The maximum absolute atomic E-state index is 12.0. The highest BCUT2D eigenvalue weighted by Crippen LogP contribution is 2.26. The number of ether oxygens (including phenoxy) is 1. The summed E-state index contributed by atoms with van der Waals surface area (Å²) in [5.41, 5.74) is 1.10. The molecule has 1 aromatic carbocycles. The summed E-state index contributed by atoms with van der Waals surface area (Å²) in [7, 11) is 0. The van der Waals surface area contributed by atoms with E-state index >= 15 is 0 Å². The fourth-order valence-corrected chi connectivity index (χ4v) is 1.96. The molecule has 0 saturated carbocycles. The Hall–Kier alpha value is -1.16. The SMILES string of the molecule is CCNC(c1ccc(OC(F)F)cc1)C(C)CC. The third kappa shape index (κ3) is 4.26. The maximum Gasteiger partial charge on any atom is 0.387 e. The number of hydrogen-bond acceptors (Lipinski definition) is 2. The molecular weight excluding hydrogens is 236 g/mol. The monoisotopic (exact) mass is 257 g/mol. The highest BCUT2D eigenvalue weighted by Gasteiger charge is 2.16. The molecule has 0 bridgehead atoms. The molecule has 0 aliphatic heterocycles. The van der Waals surface area contributed by atoms with Crippen molar-refractivity contribution >= 4 is 0 Å². The van der Waals surface area contributed by atoms with Gasteiger partial charge in [0, 0.05) is 6.04 Å². The summed E-state index contributed by atoms with van der Waals surface area (Å²) < 4.78 is 28.4. The van der Waals surface area contributed by atoms with Gasteiger partial charge in [0.15, 0.2) is 0 Å². The van der Waals surface area contributed by atoms with E-state index in [0.29, 0.717) is 5.92 Å². The third-order valence-corrected chi connectivity index (χ3v) is 3.10. The molecule has 0 saturated heterocycles. The van der Waals surface area contributed by atoms with Gasteiger partial charge in [-0.1, -0.05) is 39.3 Å². The van der Waals surface area contributed by atoms with Crippen molar-refractivity contribution in [2.45, 2.75) is 39.8 Å². The van der Waals surface area contributed by atoms with Crippen molar-refractivity contribution < 1.29 is 13.5 Å². The van der Waals surface area contributed by atoms with Gasteiger partial charge in [0.1, 0.15) is 5.75 Å². The van der Waals surface area contributed by atoms with Crippen LogP contribution in [-0.4, -0.2) is 13.2 Å². The lowest BCUT2D eigenvalue weighted by Gasteiger charge is -2.24. The largest absolute Gasteiger partial charge is 0.435 e. The smallest absolute Gasteiger partial charge is 0.387 e. The minimum atomic E-state index is -2.77. The van der Waals surface area contributed by atoms with Gasteiger partial charge in [-0.25, -0.2) is 0 Å². The minimum Gasteiger partial charge on any atom is -0.435 e. The summed E-state index contributed by atoms with van der Waals surface area (Å²) in [4.78, 5) is 0. The number of benzene rings is 1. The molecule has 0 fully saturated rings. The summed E-state index contributed by atoms with van der Waals surface area (Å²) in [5.74, 6) is 0.694. The summed E-state index contributed by atoms with van der Waals surface area (Å²) in [6.45, 7) is 4.49. The molecule has 1 N–H and O–H groups in total. The van der Waals surface area contributed by atoms with E-state index in [1.54, 1.807) is 12.1 Å². The highest BCUT2D eigenvalue weighted by atomic mass is 19.3. The van der Waals surface area contributed by atoms with E-state index < -0.39 is 6.61 Å². The lowest BCUT2D eigenvalue weighted by molar-refractivity contribution is -0.0498. The van der Waals surface area contributed by atoms with Gasteiger partial charge in [0.2, 0.25) is 0 Å². The number of hydrogen-bond donors (Lipinski definition) is 1. The second-order valence-electron chi connectivity index (χ2n) is 4.37. The molecule has 102 valence electrons. The number of rotatable bonds is 7. The molecule has 18 heavy (non-hydrogen) atoms. The van der Waals surface area contributed by atoms with Crippen LogP contribution in [0.25, 0.3) is 0 Å². The molecule has 1 rings (SSSR count). The van der Waals surface area contributed by atoms with E-state index in [1.165, 1.54) is 0 Å². The Kier molecular flexibility index (Phi) is 6.05. The van der Waals surface area contributed by atoms with Crippen molar-refractivity contribution in [3.63, 3.8) is 0 Å². The van der Waals surface area contributed by atoms with Crippen molar-refractivity contribution in [2.75, 3.05) is 6.54 Å². The van der Waals surface area contributed by atoms with E-state index in [4.69, 9.17) is 0 Å². The molecule has 0 radical (unpaired) electrons. The molecular formula is C14H21F2NO. The second-order valence-corrected chi connectivity index (χ2v) is 4.37. The minimum absolute atomic E-state index is 0.202. The van der Waals surface area contributed by atoms with Crippen LogP contribution in [0.3, 0.4) is 0 Å². The van der Waals surface area contributed by atoms with Crippen molar-refractivity contribution in [3.8, 4) is 5.75 Å². The Morgan fingerprint density at radius 1 is 1.17 bits per heavy atom. The lowest BCUT2D eigenvalue weighted by atomic mass is 9.92. The van der Waals surface area contributed by atoms with Gasteiger partial charge in [-0.05, 0) is 30.2 Å². The summed E-state index contributed by atoms with van der Waals surface area (Å²) in [6, 6.07) is 7.12. The molecule has 0 aromatic heterocycles. The van der Waals surface area contributed by atoms with Crippen molar-refractivity contribution in [3.05, 3.63) is 29.8 Å². The van der Waals surface area contributed by atoms with Crippen LogP contribution in [0, 0.1) is 5.92 Å². The van der Waals surface area contributed by atoms with Gasteiger partial charge in [0.05, 0.1) is 0 Å². The van der Waals surface area contributed by atoms with E-state index in [9.17, 15) is 8.78 Å². The fourth-order valence-electron chi connectivity index (χ4n) is 1.96. The summed E-state index contributed by atoms with van der Waals surface area (Å²) in [6.07, 6.45) is 1.06. The van der Waals surface area contributed by atoms with Gasteiger partial charge in [0.25, 0.3) is 0 Å². The topological polar surface area (TPSA) is 21.3 Å². The quantitative estimate of drug-likeness (QED) is 0.797. The standard InChI is InChI=1S/C14H21F2NO/c1-4-10(3)13(17-5-2)11-6-8-12(9-7-11)18-14(15)16/h6-10,13-14,17H,4-5H2,1-3H3. The van der Waals surface area contributed by atoms with Crippen LogP contribution in [0.4, 0.5) is 8.78 Å². The normalized spacial score (nSPS) is 14.6. The molecule has 1 aromatic rings. The Balaban J connectivity index is 2.79. The van der Waals surface area contributed by atoms with E-state index in [1.807, 2.05) is 12.1 Å². The average molecular weight is 257 g/mol. The molecule has 2 unspecified atom stereocenters. The van der Waals surface area contributed by atoms with Gasteiger partial charge in [-0.3, -0.25) is 0 Å². The number of alkyl halides is 2. The Morgan fingerprint density at radius 3 is 2.22 bits per heavy atom. The Morgan fingerprint density at radius 2 is 1.78 bits per heavy atom. The second kappa shape index (κ2) is 7.31. The van der Waals surface area contributed by atoms with Crippen LogP contribution in [0.1, 0.15) is 38.8 Å². The van der Waals surface area contributed by atoms with Crippen LogP contribution in [-0.2, 0) is 0 Å². The van der Waals surface area contributed by atoms with Gasteiger partial charge < -0.3 is 10.1 Å². The zero-order chi connectivity index (χ0) is 13.5. The predicted octanol–water partition coefficient (Wildman–Crippen LogP) is 3.98. The van der Waals surface area contributed by atoms with Gasteiger partial charge in [-0.2, -0.15) is 8.78 Å². The van der Waals surface area contributed by atoms with Crippen LogP contribution >= 0.6 is 0 Å². The first-order valence-corrected chi connectivity index (χ1v) is 6.36. The van der Waals surface area contributed by atoms with Crippen LogP contribution in [0.15, 0.2) is 24.3 Å². The van der Waals surface area contributed by atoms with Crippen molar-refractivity contribution in [1.82, 2.24) is 5.32 Å². The molecule has 2 nitrogen and oxygen atoms in total. The van der Waals surface area contributed by atoms with Crippen LogP contribution < -0.4 is 10.1 Å². The number of nitrogens with one attached hydrogen (secondary N) is 1. The lowest BCUT2D eigenvalue weighted by Crippen LogP contribution is -2.26. The van der Waals surface area contributed by atoms with E-state index in [0.717, 1.165) is 18.5 Å². The molecule has 0 amide bonds. The average Bonchev–Trinajstić information content (AvgIpc) is 2.35. The molecule has 0 heterocycles. The first-order chi connectivity index (χ1) is 8.58.